The van der Waals surface area contributed by atoms with Gasteiger partial charge in [-0.15, -0.1) is 0 Å². The second kappa shape index (κ2) is 6.22. The van der Waals surface area contributed by atoms with E-state index in [9.17, 15) is 9.59 Å². The zero-order valence-electron chi connectivity index (χ0n) is 10.7. The maximum atomic E-state index is 12.0. The Bertz CT molecular complexity index is 447. The van der Waals surface area contributed by atoms with E-state index in [1.165, 1.54) is 0 Å². The second-order valence-corrected chi connectivity index (χ2v) is 4.64. The number of amides is 2. The smallest absolute Gasteiger partial charge is 0.317 e. The molecule has 1 unspecified atom stereocenters. The Kier molecular flexibility index (Phi) is 4.39. The van der Waals surface area contributed by atoms with Crippen LogP contribution in [0.15, 0.2) is 30.3 Å². The summed E-state index contributed by atoms with van der Waals surface area (Å²) in [6.45, 7) is 0.893. The summed E-state index contributed by atoms with van der Waals surface area (Å²) in [5.41, 5.74) is 1.13. The van der Waals surface area contributed by atoms with Crippen LogP contribution in [0, 0.1) is 0 Å². The number of aliphatic carboxylic acids is 1. The first-order valence-electron chi connectivity index (χ1n) is 6.49. The lowest BCUT2D eigenvalue weighted by atomic mass is 10.1. The molecule has 1 aromatic carbocycles. The van der Waals surface area contributed by atoms with Gasteiger partial charge in [-0.3, -0.25) is 4.79 Å². The quantitative estimate of drug-likeness (QED) is 0.872. The van der Waals surface area contributed by atoms with Gasteiger partial charge in [0.2, 0.25) is 0 Å². The van der Waals surface area contributed by atoms with Crippen molar-refractivity contribution in [1.29, 1.82) is 0 Å². The molecule has 5 nitrogen and oxygen atoms in total. The van der Waals surface area contributed by atoms with E-state index in [1.54, 1.807) is 4.90 Å². The average Bonchev–Trinajstić information content (AvgIpc) is 2.88. The Morgan fingerprint density at radius 3 is 2.74 bits per heavy atom. The van der Waals surface area contributed by atoms with Crippen LogP contribution >= 0.6 is 0 Å². The van der Waals surface area contributed by atoms with Crippen LogP contribution < -0.4 is 5.32 Å². The molecule has 0 bridgehead atoms. The highest BCUT2D eigenvalue weighted by Gasteiger charge is 2.29. The van der Waals surface area contributed by atoms with Crippen molar-refractivity contribution < 1.29 is 14.7 Å². The fraction of sp³-hybridized carbons (Fsp3) is 0.429. The first-order valence-corrected chi connectivity index (χ1v) is 6.49. The molecule has 2 amide bonds. The fourth-order valence-electron chi connectivity index (χ4n) is 2.41. The van der Waals surface area contributed by atoms with Crippen LogP contribution in [0.1, 0.15) is 30.9 Å². The number of hydrogen-bond acceptors (Lipinski definition) is 2. The number of carboxylic acids is 1. The molecule has 0 saturated carbocycles. The number of carbonyl (C=O) groups excluding carboxylic acids is 1. The topological polar surface area (TPSA) is 69.6 Å². The number of urea groups is 1. The Balaban J connectivity index is 1.95. The summed E-state index contributed by atoms with van der Waals surface area (Å²) in [4.78, 5) is 24.2. The minimum Gasteiger partial charge on any atom is -0.481 e. The number of hydrogen-bond donors (Lipinski definition) is 2. The first kappa shape index (κ1) is 13.4. The molecule has 1 aliphatic heterocycles. The van der Waals surface area contributed by atoms with E-state index in [2.05, 4.69) is 5.32 Å². The minimum absolute atomic E-state index is 0.0460. The molecule has 0 aliphatic carbocycles. The van der Waals surface area contributed by atoms with Crippen LogP contribution in [-0.2, 0) is 4.79 Å². The van der Waals surface area contributed by atoms with E-state index >= 15 is 0 Å². The van der Waals surface area contributed by atoms with Gasteiger partial charge in [0.1, 0.15) is 0 Å². The van der Waals surface area contributed by atoms with Crippen molar-refractivity contribution >= 4 is 12.0 Å². The van der Waals surface area contributed by atoms with Crippen LogP contribution in [0.3, 0.4) is 0 Å². The van der Waals surface area contributed by atoms with Crippen molar-refractivity contribution in [2.45, 2.75) is 25.3 Å². The highest BCUT2D eigenvalue weighted by atomic mass is 16.4. The molecule has 1 atom stereocenters. The van der Waals surface area contributed by atoms with Crippen molar-refractivity contribution in [1.82, 2.24) is 10.2 Å². The third-order valence-electron chi connectivity index (χ3n) is 3.31. The lowest BCUT2D eigenvalue weighted by molar-refractivity contribution is -0.136. The molecule has 102 valence electrons. The Morgan fingerprint density at radius 2 is 2.05 bits per heavy atom. The largest absolute Gasteiger partial charge is 0.481 e. The normalized spacial score (nSPS) is 18.3. The summed E-state index contributed by atoms with van der Waals surface area (Å²) < 4.78 is 0. The molecule has 1 heterocycles. The van der Waals surface area contributed by atoms with E-state index in [0.717, 1.165) is 24.9 Å². The molecule has 2 N–H and O–H groups in total. The third-order valence-corrected chi connectivity index (χ3v) is 3.31. The summed E-state index contributed by atoms with van der Waals surface area (Å²) in [5, 5.41) is 11.2. The van der Waals surface area contributed by atoms with Crippen LogP contribution in [0.25, 0.3) is 0 Å². The SMILES string of the molecule is O=C(O)CCNC(=O)N1CCCC1c1ccccc1. The molecule has 1 aromatic rings. The third kappa shape index (κ3) is 3.47. The molecular formula is C14H18N2O3. The lowest BCUT2D eigenvalue weighted by Gasteiger charge is -2.25. The number of rotatable bonds is 4. The van der Waals surface area contributed by atoms with Gasteiger partial charge in [0.05, 0.1) is 12.5 Å². The van der Waals surface area contributed by atoms with Gasteiger partial charge < -0.3 is 15.3 Å². The fourth-order valence-corrected chi connectivity index (χ4v) is 2.41. The molecule has 2 rings (SSSR count). The molecular weight excluding hydrogens is 244 g/mol. The summed E-state index contributed by atoms with van der Waals surface area (Å²) in [6.07, 6.45) is 1.89. The Hall–Kier alpha value is -2.04. The van der Waals surface area contributed by atoms with Gasteiger partial charge in [-0.05, 0) is 18.4 Å². The van der Waals surface area contributed by atoms with Crippen LogP contribution in [0.5, 0.6) is 0 Å². The number of nitrogens with zero attached hydrogens (tertiary/aromatic N) is 1. The maximum absolute atomic E-state index is 12.0. The van der Waals surface area contributed by atoms with E-state index in [-0.39, 0.29) is 25.0 Å². The number of nitrogens with one attached hydrogen (secondary N) is 1. The highest BCUT2D eigenvalue weighted by Crippen LogP contribution is 2.31. The van der Waals surface area contributed by atoms with Crippen molar-refractivity contribution in [3.8, 4) is 0 Å². The van der Waals surface area contributed by atoms with Crippen molar-refractivity contribution in [3.63, 3.8) is 0 Å². The van der Waals surface area contributed by atoms with Crippen LogP contribution in [0.2, 0.25) is 0 Å². The number of likely N-dealkylation sites (tertiary alicyclic amines) is 1. The summed E-state index contributed by atoms with van der Waals surface area (Å²) in [6, 6.07) is 9.86. The van der Waals surface area contributed by atoms with E-state index in [4.69, 9.17) is 5.11 Å². The summed E-state index contributed by atoms with van der Waals surface area (Å²) in [5.74, 6) is -0.902. The first-order chi connectivity index (χ1) is 9.18. The highest BCUT2D eigenvalue weighted by molar-refractivity contribution is 5.76. The molecule has 5 heteroatoms. The molecule has 0 aromatic heterocycles. The van der Waals surface area contributed by atoms with Crippen molar-refractivity contribution in [2.75, 3.05) is 13.1 Å². The number of carbonyl (C=O) groups is 2. The van der Waals surface area contributed by atoms with E-state index in [0.29, 0.717) is 0 Å². The Labute approximate surface area is 112 Å². The standard InChI is InChI=1S/C14H18N2O3/c17-13(18)8-9-15-14(19)16-10-4-7-12(16)11-5-2-1-3-6-11/h1-3,5-6,12H,4,7-10H2,(H,15,19)(H,17,18). The van der Waals surface area contributed by atoms with Gasteiger partial charge in [-0.25, -0.2) is 4.79 Å². The van der Waals surface area contributed by atoms with Gasteiger partial charge in [0, 0.05) is 13.1 Å². The monoisotopic (exact) mass is 262 g/mol. The number of carboxylic acid groups (broad SMARTS) is 1. The molecule has 1 saturated heterocycles. The van der Waals surface area contributed by atoms with Gasteiger partial charge >= 0.3 is 12.0 Å². The lowest BCUT2D eigenvalue weighted by Crippen LogP contribution is -2.40. The predicted molar refractivity (Wildman–Crippen MR) is 70.8 cm³/mol. The minimum atomic E-state index is -0.902. The number of benzene rings is 1. The van der Waals surface area contributed by atoms with Gasteiger partial charge in [-0.2, -0.15) is 0 Å². The van der Waals surface area contributed by atoms with Gasteiger partial charge in [0.25, 0.3) is 0 Å². The maximum Gasteiger partial charge on any atom is 0.317 e. The van der Waals surface area contributed by atoms with Crippen molar-refractivity contribution in [3.05, 3.63) is 35.9 Å². The molecule has 0 spiro atoms. The Morgan fingerprint density at radius 1 is 1.32 bits per heavy atom. The average molecular weight is 262 g/mol. The predicted octanol–water partition coefficient (Wildman–Crippen LogP) is 2.01. The summed E-state index contributed by atoms with van der Waals surface area (Å²) in [7, 11) is 0. The van der Waals surface area contributed by atoms with Crippen LogP contribution in [0.4, 0.5) is 4.79 Å². The zero-order valence-corrected chi connectivity index (χ0v) is 10.7. The molecule has 1 aliphatic rings. The van der Waals surface area contributed by atoms with E-state index < -0.39 is 5.97 Å². The van der Waals surface area contributed by atoms with E-state index in [1.807, 2.05) is 30.3 Å². The molecule has 0 radical (unpaired) electrons. The van der Waals surface area contributed by atoms with Gasteiger partial charge in [-0.1, -0.05) is 30.3 Å². The molecule has 19 heavy (non-hydrogen) atoms. The zero-order chi connectivity index (χ0) is 13.7. The summed E-state index contributed by atoms with van der Waals surface area (Å²) >= 11 is 0. The van der Waals surface area contributed by atoms with Crippen LogP contribution in [-0.4, -0.2) is 35.1 Å². The second-order valence-electron chi connectivity index (χ2n) is 4.64. The van der Waals surface area contributed by atoms with Crippen molar-refractivity contribution in [2.24, 2.45) is 0 Å². The van der Waals surface area contributed by atoms with Gasteiger partial charge in [0.15, 0.2) is 0 Å². The molecule has 1 fully saturated rings.